The summed E-state index contributed by atoms with van der Waals surface area (Å²) in [6.45, 7) is 8.57. The number of benzene rings is 1. The molecule has 1 atom stereocenters. The molecule has 2 heterocycles. The van der Waals surface area contributed by atoms with E-state index in [4.69, 9.17) is 9.26 Å². The van der Waals surface area contributed by atoms with Crippen molar-refractivity contribution in [2.45, 2.75) is 19.9 Å². The molecule has 1 N–H and O–H groups in total. The zero-order valence-corrected chi connectivity index (χ0v) is 16.1. The average Bonchev–Trinajstić information content (AvgIpc) is 3.17. The third-order valence-electron chi connectivity index (χ3n) is 4.73. The standard InChI is InChI=1S/C19H27N5O3/c1-14-4-6-16(7-5-14)17-21-18(27-22-17)15(2)20-19(25)24-10-8-23(9-11-24)12-13-26-3/h4-7,15H,8-13H2,1-3H3,(H,20,25)/t15-/m1/s1. The minimum atomic E-state index is -0.351. The second kappa shape index (κ2) is 8.96. The minimum absolute atomic E-state index is 0.107. The molecule has 2 amide bonds. The molecule has 27 heavy (non-hydrogen) atoms. The number of urea groups is 1. The van der Waals surface area contributed by atoms with Crippen LogP contribution in [0, 0.1) is 6.92 Å². The van der Waals surface area contributed by atoms with Gasteiger partial charge in [0.1, 0.15) is 6.04 Å². The number of ether oxygens (including phenoxy) is 1. The fourth-order valence-corrected chi connectivity index (χ4v) is 2.96. The van der Waals surface area contributed by atoms with Crippen LogP contribution in [0.25, 0.3) is 11.4 Å². The molecule has 8 heteroatoms. The van der Waals surface area contributed by atoms with Crippen molar-refractivity contribution in [1.29, 1.82) is 0 Å². The molecule has 8 nitrogen and oxygen atoms in total. The molecular formula is C19H27N5O3. The topological polar surface area (TPSA) is 83.7 Å². The van der Waals surface area contributed by atoms with Crippen LogP contribution < -0.4 is 5.32 Å². The number of hydrogen-bond donors (Lipinski definition) is 1. The Kier molecular flexibility index (Phi) is 6.41. The Hall–Kier alpha value is -2.45. The lowest BCUT2D eigenvalue weighted by atomic mass is 10.1. The third kappa shape index (κ3) is 5.05. The molecule has 0 bridgehead atoms. The van der Waals surface area contributed by atoms with E-state index in [1.807, 2.05) is 43.0 Å². The van der Waals surface area contributed by atoms with Crippen LogP contribution in [0.3, 0.4) is 0 Å². The number of nitrogens with zero attached hydrogens (tertiary/aromatic N) is 4. The number of methoxy groups -OCH3 is 1. The van der Waals surface area contributed by atoms with E-state index in [2.05, 4.69) is 20.4 Å². The first kappa shape index (κ1) is 19.3. The first-order valence-electron chi connectivity index (χ1n) is 9.24. The average molecular weight is 373 g/mol. The van der Waals surface area contributed by atoms with Crippen molar-refractivity contribution in [2.24, 2.45) is 0 Å². The number of hydrogen-bond acceptors (Lipinski definition) is 6. The lowest BCUT2D eigenvalue weighted by Gasteiger charge is -2.34. The molecule has 0 spiro atoms. The minimum Gasteiger partial charge on any atom is -0.383 e. The monoisotopic (exact) mass is 373 g/mol. The van der Waals surface area contributed by atoms with Gasteiger partial charge in [0.25, 0.3) is 0 Å². The summed E-state index contributed by atoms with van der Waals surface area (Å²) in [7, 11) is 1.70. The van der Waals surface area contributed by atoms with Crippen LogP contribution in [-0.2, 0) is 4.74 Å². The molecule has 146 valence electrons. The van der Waals surface area contributed by atoms with Gasteiger partial charge in [0, 0.05) is 45.4 Å². The second-order valence-corrected chi connectivity index (χ2v) is 6.81. The fraction of sp³-hybridized carbons (Fsp3) is 0.526. The largest absolute Gasteiger partial charge is 0.383 e. The quantitative estimate of drug-likeness (QED) is 0.835. The van der Waals surface area contributed by atoms with Crippen molar-refractivity contribution in [3.05, 3.63) is 35.7 Å². The zero-order chi connectivity index (χ0) is 19.2. The molecule has 1 aromatic carbocycles. The zero-order valence-electron chi connectivity index (χ0n) is 16.1. The number of aromatic nitrogens is 2. The molecule has 0 saturated carbocycles. The van der Waals surface area contributed by atoms with Gasteiger partial charge in [0.05, 0.1) is 6.61 Å². The van der Waals surface area contributed by atoms with E-state index in [1.54, 1.807) is 7.11 Å². The number of aryl methyl sites for hydroxylation is 1. The first-order valence-corrected chi connectivity index (χ1v) is 9.24. The maximum Gasteiger partial charge on any atom is 0.318 e. The summed E-state index contributed by atoms with van der Waals surface area (Å²) >= 11 is 0. The fourth-order valence-electron chi connectivity index (χ4n) is 2.96. The molecule has 0 radical (unpaired) electrons. The number of nitrogens with one attached hydrogen (secondary N) is 1. The van der Waals surface area contributed by atoms with Gasteiger partial charge in [-0.15, -0.1) is 0 Å². The highest BCUT2D eigenvalue weighted by molar-refractivity contribution is 5.74. The molecule has 0 unspecified atom stereocenters. The number of amides is 2. The summed E-state index contributed by atoms with van der Waals surface area (Å²) in [5.41, 5.74) is 2.06. The summed E-state index contributed by atoms with van der Waals surface area (Å²) in [6.07, 6.45) is 0. The Morgan fingerprint density at radius 2 is 1.96 bits per heavy atom. The van der Waals surface area contributed by atoms with Crippen LogP contribution in [0.2, 0.25) is 0 Å². The number of carbonyl (C=O) groups is 1. The van der Waals surface area contributed by atoms with Crippen LogP contribution >= 0.6 is 0 Å². The summed E-state index contributed by atoms with van der Waals surface area (Å²) < 4.78 is 10.4. The van der Waals surface area contributed by atoms with Gasteiger partial charge in [0.2, 0.25) is 11.7 Å². The van der Waals surface area contributed by atoms with E-state index in [1.165, 1.54) is 5.56 Å². The van der Waals surface area contributed by atoms with E-state index >= 15 is 0 Å². The Bertz CT molecular complexity index is 738. The van der Waals surface area contributed by atoms with Gasteiger partial charge in [-0.3, -0.25) is 4.90 Å². The van der Waals surface area contributed by atoms with Crippen molar-refractivity contribution in [2.75, 3.05) is 46.4 Å². The highest BCUT2D eigenvalue weighted by Crippen LogP contribution is 2.19. The van der Waals surface area contributed by atoms with E-state index in [9.17, 15) is 4.79 Å². The summed E-state index contributed by atoms with van der Waals surface area (Å²) in [5.74, 6) is 0.926. The summed E-state index contributed by atoms with van der Waals surface area (Å²) in [5, 5.41) is 6.97. The maximum atomic E-state index is 12.5. The highest BCUT2D eigenvalue weighted by Gasteiger charge is 2.24. The van der Waals surface area contributed by atoms with Gasteiger partial charge in [-0.2, -0.15) is 4.98 Å². The van der Waals surface area contributed by atoms with E-state index in [0.29, 0.717) is 31.4 Å². The predicted octanol–water partition coefficient (Wildman–Crippen LogP) is 2.08. The number of rotatable bonds is 6. The van der Waals surface area contributed by atoms with Crippen molar-refractivity contribution >= 4 is 6.03 Å². The van der Waals surface area contributed by atoms with Crippen LogP contribution in [0.4, 0.5) is 4.79 Å². The van der Waals surface area contributed by atoms with E-state index < -0.39 is 0 Å². The Balaban J connectivity index is 1.52. The van der Waals surface area contributed by atoms with Gasteiger partial charge in [-0.25, -0.2) is 4.79 Å². The van der Waals surface area contributed by atoms with Gasteiger partial charge >= 0.3 is 6.03 Å². The van der Waals surface area contributed by atoms with Crippen molar-refractivity contribution in [3.63, 3.8) is 0 Å². The molecule has 2 aromatic rings. The second-order valence-electron chi connectivity index (χ2n) is 6.81. The van der Waals surface area contributed by atoms with Crippen LogP contribution in [-0.4, -0.2) is 72.4 Å². The third-order valence-corrected chi connectivity index (χ3v) is 4.73. The highest BCUT2D eigenvalue weighted by atomic mass is 16.5. The lowest BCUT2D eigenvalue weighted by Crippen LogP contribution is -2.52. The van der Waals surface area contributed by atoms with Crippen LogP contribution in [0.5, 0.6) is 0 Å². The summed E-state index contributed by atoms with van der Waals surface area (Å²) in [4.78, 5) is 21.0. The molecular weight excluding hydrogens is 346 g/mol. The van der Waals surface area contributed by atoms with E-state index in [-0.39, 0.29) is 12.1 Å². The SMILES string of the molecule is COCCN1CCN(C(=O)N[C@H](C)c2nc(-c3ccc(C)cc3)no2)CC1. The molecule has 0 aliphatic carbocycles. The van der Waals surface area contributed by atoms with Crippen molar-refractivity contribution < 1.29 is 14.1 Å². The molecule has 3 rings (SSSR count). The van der Waals surface area contributed by atoms with Gasteiger partial charge in [-0.1, -0.05) is 35.0 Å². The molecule has 1 saturated heterocycles. The smallest absolute Gasteiger partial charge is 0.318 e. The molecule has 1 aliphatic heterocycles. The number of carbonyl (C=O) groups excluding carboxylic acids is 1. The number of piperazine rings is 1. The lowest BCUT2D eigenvalue weighted by molar-refractivity contribution is 0.105. The van der Waals surface area contributed by atoms with E-state index in [0.717, 1.165) is 25.2 Å². The predicted molar refractivity (Wildman–Crippen MR) is 101 cm³/mol. The van der Waals surface area contributed by atoms with Crippen molar-refractivity contribution in [3.8, 4) is 11.4 Å². The van der Waals surface area contributed by atoms with Crippen molar-refractivity contribution in [1.82, 2.24) is 25.3 Å². The van der Waals surface area contributed by atoms with Gasteiger partial charge < -0.3 is 19.5 Å². The Labute approximate surface area is 159 Å². The molecule has 1 fully saturated rings. The van der Waals surface area contributed by atoms with Gasteiger partial charge in [-0.05, 0) is 13.8 Å². The first-order chi connectivity index (χ1) is 13.1. The van der Waals surface area contributed by atoms with Gasteiger partial charge in [0.15, 0.2) is 0 Å². The Morgan fingerprint density at radius 1 is 1.26 bits per heavy atom. The van der Waals surface area contributed by atoms with Crippen LogP contribution in [0.15, 0.2) is 28.8 Å². The Morgan fingerprint density at radius 3 is 2.63 bits per heavy atom. The maximum absolute atomic E-state index is 12.5. The van der Waals surface area contributed by atoms with Crippen LogP contribution in [0.1, 0.15) is 24.4 Å². The summed E-state index contributed by atoms with van der Waals surface area (Å²) in [6, 6.07) is 7.46. The molecule has 1 aromatic heterocycles. The normalized spacial score (nSPS) is 16.3. The molecule has 1 aliphatic rings.